The van der Waals surface area contributed by atoms with Crippen LogP contribution in [-0.4, -0.2) is 38.7 Å². The second-order valence-corrected chi connectivity index (χ2v) is 8.46. The molecule has 0 saturated carbocycles. The van der Waals surface area contributed by atoms with Gasteiger partial charge in [-0.15, -0.1) is 0 Å². The standard InChI is InChI=1S/C24H27ClN4O/c1-18-15-20(16-19-3-5-22(25)6-4-19)17-23(27-18)21-7-12-28(13-8-21)24(30)9-14-29-11-2-10-26-29/h2-6,10-11,15,17,21H,7-9,12-14,16H2,1H3. The van der Waals surface area contributed by atoms with Gasteiger partial charge in [-0.05, 0) is 67.6 Å². The van der Waals surface area contributed by atoms with Crippen molar-refractivity contribution in [3.05, 3.63) is 82.4 Å². The summed E-state index contributed by atoms with van der Waals surface area (Å²) < 4.78 is 1.81. The predicted octanol–water partition coefficient (Wildman–Crippen LogP) is 4.63. The maximum absolute atomic E-state index is 12.5. The molecular weight excluding hydrogens is 396 g/mol. The van der Waals surface area contributed by atoms with Gasteiger partial charge in [0.15, 0.2) is 0 Å². The van der Waals surface area contributed by atoms with E-state index in [0.29, 0.717) is 18.9 Å². The molecule has 0 atom stereocenters. The molecule has 1 aliphatic rings. The van der Waals surface area contributed by atoms with Gasteiger partial charge in [0.1, 0.15) is 0 Å². The Hall–Kier alpha value is -2.66. The Labute approximate surface area is 182 Å². The Morgan fingerprint density at radius 1 is 1.13 bits per heavy atom. The van der Waals surface area contributed by atoms with Gasteiger partial charge in [0.2, 0.25) is 5.91 Å². The molecule has 2 aromatic heterocycles. The van der Waals surface area contributed by atoms with Gasteiger partial charge in [-0.1, -0.05) is 23.7 Å². The second-order valence-electron chi connectivity index (χ2n) is 8.02. The summed E-state index contributed by atoms with van der Waals surface area (Å²) in [6.07, 6.45) is 6.93. The third-order valence-electron chi connectivity index (χ3n) is 5.73. The van der Waals surface area contributed by atoms with Crippen molar-refractivity contribution in [3.63, 3.8) is 0 Å². The molecule has 0 aliphatic carbocycles. The van der Waals surface area contributed by atoms with Crippen molar-refractivity contribution in [1.82, 2.24) is 19.7 Å². The van der Waals surface area contributed by atoms with Gasteiger partial charge in [0, 0.05) is 60.8 Å². The zero-order chi connectivity index (χ0) is 20.9. The van der Waals surface area contributed by atoms with Crippen LogP contribution < -0.4 is 0 Å². The number of halogens is 1. The lowest BCUT2D eigenvalue weighted by molar-refractivity contribution is -0.132. The minimum absolute atomic E-state index is 0.213. The highest BCUT2D eigenvalue weighted by molar-refractivity contribution is 6.30. The van der Waals surface area contributed by atoms with E-state index in [1.165, 1.54) is 11.1 Å². The van der Waals surface area contributed by atoms with E-state index in [2.05, 4.69) is 36.3 Å². The maximum atomic E-state index is 12.5. The van der Waals surface area contributed by atoms with E-state index in [1.807, 2.05) is 34.0 Å². The summed E-state index contributed by atoms with van der Waals surface area (Å²) in [5.41, 5.74) is 4.72. The Morgan fingerprint density at radius 3 is 2.60 bits per heavy atom. The van der Waals surface area contributed by atoms with Gasteiger partial charge >= 0.3 is 0 Å². The van der Waals surface area contributed by atoms with Crippen LogP contribution in [0.2, 0.25) is 5.02 Å². The molecule has 4 rings (SSSR count). The number of amides is 1. The number of hydrogen-bond donors (Lipinski definition) is 0. The molecule has 30 heavy (non-hydrogen) atoms. The van der Waals surface area contributed by atoms with Crippen LogP contribution in [-0.2, 0) is 17.8 Å². The molecular formula is C24H27ClN4O. The molecule has 156 valence electrons. The number of pyridine rings is 1. The Balaban J connectivity index is 1.35. The van der Waals surface area contributed by atoms with Crippen LogP contribution >= 0.6 is 11.6 Å². The molecule has 1 amide bonds. The number of hydrogen-bond acceptors (Lipinski definition) is 3. The molecule has 1 saturated heterocycles. The van der Waals surface area contributed by atoms with E-state index in [4.69, 9.17) is 16.6 Å². The van der Waals surface area contributed by atoms with Gasteiger partial charge in [-0.2, -0.15) is 5.10 Å². The number of aromatic nitrogens is 3. The van der Waals surface area contributed by atoms with E-state index in [9.17, 15) is 4.79 Å². The van der Waals surface area contributed by atoms with E-state index < -0.39 is 0 Å². The highest BCUT2D eigenvalue weighted by atomic mass is 35.5. The summed E-state index contributed by atoms with van der Waals surface area (Å²) in [6, 6.07) is 14.3. The average molecular weight is 423 g/mol. The van der Waals surface area contributed by atoms with E-state index in [0.717, 1.165) is 48.8 Å². The highest BCUT2D eigenvalue weighted by Gasteiger charge is 2.25. The summed E-state index contributed by atoms with van der Waals surface area (Å²) in [5, 5.41) is 4.93. The lowest BCUT2D eigenvalue weighted by atomic mass is 9.91. The molecule has 3 aromatic rings. The van der Waals surface area contributed by atoms with Crippen LogP contribution in [0.4, 0.5) is 0 Å². The summed E-state index contributed by atoms with van der Waals surface area (Å²) >= 11 is 6.00. The molecule has 1 fully saturated rings. The van der Waals surface area contributed by atoms with Gasteiger partial charge in [0.25, 0.3) is 0 Å². The van der Waals surface area contributed by atoms with Crippen molar-refractivity contribution < 1.29 is 4.79 Å². The number of benzene rings is 1. The molecule has 3 heterocycles. The van der Waals surface area contributed by atoms with Crippen LogP contribution in [0.5, 0.6) is 0 Å². The van der Waals surface area contributed by atoms with Crippen molar-refractivity contribution >= 4 is 17.5 Å². The lowest BCUT2D eigenvalue weighted by Gasteiger charge is -2.32. The number of carbonyl (C=O) groups excluding carboxylic acids is 1. The fraction of sp³-hybridized carbons (Fsp3) is 0.375. The average Bonchev–Trinajstić information content (AvgIpc) is 3.27. The normalized spacial score (nSPS) is 14.8. The Morgan fingerprint density at radius 2 is 1.90 bits per heavy atom. The summed E-state index contributed by atoms with van der Waals surface area (Å²) in [4.78, 5) is 19.3. The van der Waals surface area contributed by atoms with Crippen LogP contribution in [0.3, 0.4) is 0 Å². The topological polar surface area (TPSA) is 51.0 Å². The molecule has 1 aromatic carbocycles. The first-order chi connectivity index (χ1) is 14.6. The smallest absolute Gasteiger partial charge is 0.224 e. The van der Waals surface area contributed by atoms with E-state index in [-0.39, 0.29) is 5.91 Å². The van der Waals surface area contributed by atoms with Gasteiger partial charge in [0.05, 0.1) is 0 Å². The minimum atomic E-state index is 0.213. The van der Waals surface area contributed by atoms with Crippen LogP contribution in [0.25, 0.3) is 0 Å². The molecule has 0 radical (unpaired) electrons. The van der Waals surface area contributed by atoms with Crippen LogP contribution in [0, 0.1) is 6.92 Å². The Bertz CT molecular complexity index is 977. The van der Waals surface area contributed by atoms with Gasteiger partial charge in [-0.3, -0.25) is 14.5 Å². The molecule has 0 unspecified atom stereocenters. The molecule has 0 spiro atoms. The summed E-state index contributed by atoms with van der Waals surface area (Å²) in [7, 11) is 0. The molecule has 6 heteroatoms. The number of likely N-dealkylation sites (tertiary alicyclic amines) is 1. The summed E-state index contributed by atoms with van der Waals surface area (Å²) in [5.74, 6) is 0.619. The summed E-state index contributed by atoms with van der Waals surface area (Å²) in [6.45, 7) is 4.29. The fourth-order valence-corrected chi connectivity index (χ4v) is 4.27. The first-order valence-electron chi connectivity index (χ1n) is 10.5. The number of rotatable bonds is 6. The quantitative estimate of drug-likeness (QED) is 0.582. The van der Waals surface area contributed by atoms with Crippen molar-refractivity contribution in [2.24, 2.45) is 0 Å². The fourth-order valence-electron chi connectivity index (χ4n) is 4.14. The number of aryl methyl sites for hydroxylation is 2. The molecule has 1 aliphatic heterocycles. The van der Waals surface area contributed by atoms with Crippen molar-refractivity contribution in [1.29, 1.82) is 0 Å². The zero-order valence-corrected chi connectivity index (χ0v) is 18.1. The monoisotopic (exact) mass is 422 g/mol. The SMILES string of the molecule is Cc1cc(Cc2ccc(Cl)cc2)cc(C2CCN(C(=O)CCn3cccn3)CC2)n1. The zero-order valence-electron chi connectivity index (χ0n) is 17.3. The lowest BCUT2D eigenvalue weighted by Crippen LogP contribution is -2.38. The maximum Gasteiger partial charge on any atom is 0.224 e. The van der Waals surface area contributed by atoms with Crippen LogP contribution in [0.15, 0.2) is 54.9 Å². The van der Waals surface area contributed by atoms with Crippen LogP contribution in [0.1, 0.15) is 47.7 Å². The highest BCUT2D eigenvalue weighted by Crippen LogP contribution is 2.28. The number of carbonyl (C=O) groups is 1. The van der Waals surface area contributed by atoms with Crippen molar-refractivity contribution in [2.45, 2.75) is 45.1 Å². The first kappa shape index (κ1) is 20.6. The van der Waals surface area contributed by atoms with Crippen molar-refractivity contribution in [2.75, 3.05) is 13.1 Å². The van der Waals surface area contributed by atoms with Gasteiger partial charge in [-0.25, -0.2) is 0 Å². The molecule has 5 nitrogen and oxygen atoms in total. The van der Waals surface area contributed by atoms with E-state index >= 15 is 0 Å². The largest absolute Gasteiger partial charge is 0.343 e. The van der Waals surface area contributed by atoms with Crippen molar-refractivity contribution in [3.8, 4) is 0 Å². The second kappa shape index (κ2) is 9.43. The van der Waals surface area contributed by atoms with E-state index in [1.54, 1.807) is 6.20 Å². The minimum Gasteiger partial charge on any atom is -0.343 e. The number of piperidine rings is 1. The third kappa shape index (κ3) is 5.28. The molecule has 0 bridgehead atoms. The number of nitrogens with zero attached hydrogens (tertiary/aromatic N) is 4. The third-order valence-corrected chi connectivity index (χ3v) is 5.99. The Kier molecular flexibility index (Phi) is 6.48. The predicted molar refractivity (Wildman–Crippen MR) is 119 cm³/mol. The first-order valence-corrected chi connectivity index (χ1v) is 10.9. The van der Waals surface area contributed by atoms with Gasteiger partial charge < -0.3 is 4.90 Å². The molecule has 0 N–H and O–H groups in total.